The normalized spacial score (nSPS) is 8.67. The predicted octanol–water partition coefficient (Wildman–Crippen LogP) is -0.361. The van der Waals surface area contributed by atoms with Crippen molar-refractivity contribution in [2.75, 3.05) is 33.5 Å². The molecule has 4 heteroatoms. The van der Waals surface area contributed by atoms with Crippen molar-refractivity contribution in [2.45, 2.75) is 0 Å². The van der Waals surface area contributed by atoms with Crippen LogP contribution in [0.5, 0.6) is 0 Å². The van der Waals surface area contributed by atoms with Gasteiger partial charge in [0.2, 0.25) is 0 Å². The summed E-state index contributed by atoms with van der Waals surface area (Å²) in [5.74, 6) is 0. The maximum absolute atomic E-state index is 8.20. The second-order valence-corrected chi connectivity index (χ2v) is 1.33. The zero-order valence-corrected chi connectivity index (χ0v) is 6.34. The summed E-state index contributed by atoms with van der Waals surface area (Å²) in [5.41, 5.74) is 0. The van der Waals surface area contributed by atoms with Crippen molar-refractivity contribution in [3.8, 4) is 0 Å². The van der Waals surface area contributed by atoms with Gasteiger partial charge in [-0.1, -0.05) is 0 Å². The summed E-state index contributed by atoms with van der Waals surface area (Å²) in [5, 5.41) is 8.20. The van der Waals surface area contributed by atoms with Gasteiger partial charge < -0.3 is 14.6 Å². The second-order valence-electron chi connectivity index (χ2n) is 1.33. The Labute approximate surface area is 65.8 Å². The van der Waals surface area contributed by atoms with E-state index in [4.69, 9.17) is 9.84 Å². The standard InChI is InChI=1S/C5H12O3.Cu/c1-7-4-5-8-3-2-6;/h6H,2-5H2,1H3;. The van der Waals surface area contributed by atoms with Gasteiger partial charge in [-0.05, 0) is 0 Å². The molecule has 0 aromatic heterocycles. The van der Waals surface area contributed by atoms with Crippen LogP contribution in [-0.2, 0) is 26.5 Å². The fourth-order valence-corrected chi connectivity index (χ4v) is 0.309. The molecule has 61 valence electrons. The first-order valence-electron chi connectivity index (χ1n) is 2.59. The van der Waals surface area contributed by atoms with Gasteiger partial charge in [-0.15, -0.1) is 0 Å². The van der Waals surface area contributed by atoms with Crippen LogP contribution in [0.4, 0.5) is 0 Å². The van der Waals surface area contributed by atoms with Crippen molar-refractivity contribution >= 4 is 0 Å². The molecule has 0 spiro atoms. The van der Waals surface area contributed by atoms with Crippen LogP contribution in [-0.4, -0.2) is 38.6 Å². The number of rotatable bonds is 5. The van der Waals surface area contributed by atoms with Crippen LogP contribution < -0.4 is 0 Å². The van der Waals surface area contributed by atoms with Gasteiger partial charge in [0, 0.05) is 24.2 Å². The Morgan fingerprint density at radius 3 is 2.33 bits per heavy atom. The SMILES string of the molecule is COCCOCCO.[Cu]. The molecular weight excluding hydrogens is 172 g/mol. The van der Waals surface area contributed by atoms with Crippen molar-refractivity contribution in [3.63, 3.8) is 0 Å². The van der Waals surface area contributed by atoms with Crippen LogP contribution in [0.2, 0.25) is 0 Å². The van der Waals surface area contributed by atoms with E-state index in [1.807, 2.05) is 0 Å². The molecule has 0 aromatic carbocycles. The van der Waals surface area contributed by atoms with E-state index in [9.17, 15) is 0 Å². The summed E-state index contributed by atoms with van der Waals surface area (Å²) in [6.07, 6.45) is 0. The third kappa shape index (κ3) is 11.8. The van der Waals surface area contributed by atoms with E-state index in [1.54, 1.807) is 7.11 Å². The van der Waals surface area contributed by atoms with Gasteiger partial charge in [0.05, 0.1) is 26.4 Å². The Morgan fingerprint density at radius 2 is 1.89 bits per heavy atom. The van der Waals surface area contributed by atoms with Crippen molar-refractivity contribution in [2.24, 2.45) is 0 Å². The van der Waals surface area contributed by atoms with Crippen molar-refractivity contribution in [3.05, 3.63) is 0 Å². The molecule has 9 heavy (non-hydrogen) atoms. The Balaban J connectivity index is 0. The van der Waals surface area contributed by atoms with Crippen molar-refractivity contribution in [1.29, 1.82) is 0 Å². The zero-order valence-electron chi connectivity index (χ0n) is 5.39. The molecule has 0 amide bonds. The Hall–Kier alpha value is 0.399. The third-order valence-electron chi connectivity index (χ3n) is 0.667. The molecule has 3 nitrogen and oxygen atoms in total. The van der Waals surface area contributed by atoms with Crippen LogP contribution >= 0.6 is 0 Å². The number of aliphatic hydroxyl groups excluding tert-OH is 1. The van der Waals surface area contributed by atoms with Gasteiger partial charge in [-0.2, -0.15) is 0 Å². The molecule has 0 atom stereocenters. The van der Waals surface area contributed by atoms with Crippen LogP contribution in [0, 0.1) is 0 Å². The molecule has 0 aliphatic carbocycles. The van der Waals surface area contributed by atoms with Crippen molar-refractivity contribution in [1.82, 2.24) is 0 Å². The fourth-order valence-electron chi connectivity index (χ4n) is 0.309. The van der Waals surface area contributed by atoms with Crippen LogP contribution in [0.3, 0.4) is 0 Å². The molecule has 0 rings (SSSR count). The Kier molecular flexibility index (Phi) is 15.1. The minimum absolute atomic E-state index is 0. The maximum Gasteiger partial charge on any atom is 0.0701 e. The number of hydrogen-bond donors (Lipinski definition) is 1. The van der Waals surface area contributed by atoms with E-state index < -0.39 is 0 Å². The summed E-state index contributed by atoms with van der Waals surface area (Å²) in [4.78, 5) is 0. The Morgan fingerprint density at radius 1 is 1.22 bits per heavy atom. The first-order chi connectivity index (χ1) is 3.91. The molecule has 0 aliphatic rings. The van der Waals surface area contributed by atoms with E-state index >= 15 is 0 Å². The van der Waals surface area contributed by atoms with Gasteiger partial charge in [-0.25, -0.2) is 0 Å². The smallest absolute Gasteiger partial charge is 0.0701 e. The largest absolute Gasteiger partial charge is 0.394 e. The minimum Gasteiger partial charge on any atom is -0.394 e. The molecule has 0 saturated carbocycles. The number of hydrogen-bond acceptors (Lipinski definition) is 3. The van der Waals surface area contributed by atoms with E-state index in [-0.39, 0.29) is 23.7 Å². The third-order valence-corrected chi connectivity index (χ3v) is 0.667. The number of ether oxygens (including phenoxy) is 2. The van der Waals surface area contributed by atoms with E-state index in [1.165, 1.54) is 0 Å². The topological polar surface area (TPSA) is 38.7 Å². The molecular formula is C5H12CuO3. The van der Waals surface area contributed by atoms with Crippen molar-refractivity contribution < 1.29 is 31.6 Å². The van der Waals surface area contributed by atoms with Crippen LogP contribution in [0.25, 0.3) is 0 Å². The Bertz CT molecular complexity index is 37.2. The summed E-state index contributed by atoms with van der Waals surface area (Å²) >= 11 is 0. The second kappa shape index (κ2) is 11.2. The summed E-state index contributed by atoms with van der Waals surface area (Å²) in [6.45, 7) is 1.66. The van der Waals surface area contributed by atoms with Gasteiger partial charge in [0.1, 0.15) is 0 Å². The summed E-state index contributed by atoms with van der Waals surface area (Å²) in [7, 11) is 1.61. The molecule has 0 unspecified atom stereocenters. The van der Waals surface area contributed by atoms with Gasteiger partial charge >= 0.3 is 0 Å². The van der Waals surface area contributed by atoms with E-state index in [0.717, 1.165) is 0 Å². The van der Waals surface area contributed by atoms with E-state index in [0.29, 0.717) is 19.8 Å². The average Bonchev–Trinajstić information content (AvgIpc) is 1.81. The fraction of sp³-hybridized carbons (Fsp3) is 1.00. The van der Waals surface area contributed by atoms with Gasteiger partial charge in [-0.3, -0.25) is 0 Å². The molecule has 0 aliphatic heterocycles. The molecule has 0 heterocycles. The predicted molar refractivity (Wildman–Crippen MR) is 29.8 cm³/mol. The molecule has 0 bridgehead atoms. The monoisotopic (exact) mass is 183 g/mol. The number of aliphatic hydroxyl groups is 1. The maximum atomic E-state index is 8.20. The first kappa shape index (κ1) is 12.1. The summed E-state index contributed by atoms with van der Waals surface area (Å²) < 4.78 is 9.53. The first-order valence-corrected chi connectivity index (χ1v) is 2.59. The van der Waals surface area contributed by atoms with Gasteiger partial charge in [0.15, 0.2) is 0 Å². The van der Waals surface area contributed by atoms with Crippen LogP contribution in [0.1, 0.15) is 0 Å². The molecule has 0 saturated heterocycles. The molecule has 1 radical (unpaired) electrons. The van der Waals surface area contributed by atoms with E-state index in [2.05, 4.69) is 4.74 Å². The summed E-state index contributed by atoms with van der Waals surface area (Å²) in [6, 6.07) is 0. The van der Waals surface area contributed by atoms with Gasteiger partial charge in [0.25, 0.3) is 0 Å². The minimum atomic E-state index is 0. The quantitative estimate of drug-likeness (QED) is 0.468. The molecule has 1 N–H and O–H groups in total. The molecule has 0 aromatic rings. The van der Waals surface area contributed by atoms with Crippen LogP contribution in [0.15, 0.2) is 0 Å². The number of methoxy groups -OCH3 is 1. The molecule has 0 fully saturated rings. The average molecular weight is 184 g/mol. The zero-order chi connectivity index (χ0) is 6.24.